The van der Waals surface area contributed by atoms with Gasteiger partial charge in [-0.2, -0.15) is 4.98 Å². The number of hydrogen-bond acceptors (Lipinski definition) is 8. The van der Waals surface area contributed by atoms with Gasteiger partial charge in [-0.05, 0) is 52.1 Å². The number of likely N-dealkylation sites (N-methyl/N-ethyl adjacent to an activating group) is 2. The monoisotopic (exact) mass is 513 g/mol. The van der Waals surface area contributed by atoms with Gasteiger partial charge in [0.15, 0.2) is 11.6 Å². The Kier molecular flexibility index (Phi) is 9.62. The third kappa shape index (κ3) is 6.99. The number of rotatable bonds is 11. The van der Waals surface area contributed by atoms with Crippen molar-refractivity contribution in [2.45, 2.75) is 50.7 Å². The predicted molar refractivity (Wildman–Crippen MR) is 131 cm³/mol. The quantitative estimate of drug-likeness (QED) is 0.199. The Hall–Kier alpha value is -2.08. The molecular weight excluding hydrogens is 477 g/mol. The Morgan fingerprint density at radius 2 is 1.80 bits per heavy atom. The minimum atomic E-state index is -0.615. The van der Waals surface area contributed by atoms with Crippen molar-refractivity contribution >= 4 is 29.7 Å². The third-order valence-corrected chi connectivity index (χ3v) is 7.35. The van der Waals surface area contributed by atoms with Crippen molar-refractivity contribution in [1.82, 2.24) is 30.1 Å². The van der Waals surface area contributed by atoms with E-state index in [9.17, 15) is 14.8 Å². The van der Waals surface area contributed by atoms with Gasteiger partial charge in [-0.25, -0.2) is 14.4 Å². The number of carbonyl (C=O) groups is 2. The molecule has 1 saturated carbocycles. The summed E-state index contributed by atoms with van der Waals surface area (Å²) in [5.74, 6) is -1.10. The summed E-state index contributed by atoms with van der Waals surface area (Å²) in [6.45, 7) is 0.867. The molecule has 0 radical (unpaired) electrons. The Morgan fingerprint density at radius 3 is 2.34 bits per heavy atom. The minimum Gasteiger partial charge on any atom is -0.351 e. The summed E-state index contributed by atoms with van der Waals surface area (Å²) >= 11 is 6.15. The highest BCUT2D eigenvalue weighted by molar-refractivity contribution is 6.28. The number of hydroxylamine groups is 2. The molecule has 3 rings (SSSR count). The van der Waals surface area contributed by atoms with Gasteiger partial charge in [0.25, 0.3) is 0 Å². The van der Waals surface area contributed by atoms with E-state index in [4.69, 9.17) is 11.6 Å². The largest absolute Gasteiger partial charge is 0.351 e. The van der Waals surface area contributed by atoms with Crippen molar-refractivity contribution in [2.75, 3.05) is 52.7 Å². The van der Waals surface area contributed by atoms with Crippen LogP contribution in [0.3, 0.4) is 0 Å². The van der Waals surface area contributed by atoms with Gasteiger partial charge in [0, 0.05) is 25.2 Å². The van der Waals surface area contributed by atoms with Crippen LogP contribution in [0.15, 0.2) is 0 Å². The molecule has 10 nitrogen and oxygen atoms in total. The first kappa shape index (κ1) is 27.5. The zero-order valence-electron chi connectivity index (χ0n) is 21.0. The lowest BCUT2D eigenvalue weighted by Gasteiger charge is -2.29. The normalized spacial score (nSPS) is 21.7. The van der Waals surface area contributed by atoms with Gasteiger partial charge >= 0.3 is 0 Å². The van der Waals surface area contributed by atoms with Crippen molar-refractivity contribution in [3.05, 3.63) is 16.8 Å². The second-order valence-electron chi connectivity index (χ2n) is 10.1. The Labute approximate surface area is 211 Å². The first-order chi connectivity index (χ1) is 16.6. The fourth-order valence-corrected chi connectivity index (χ4v) is 5.41. The number of aromatic nitrogens is 2. The van der Waals surface area contributed by atoms with Gasteiger partial charge in [0.1, 0.15) is 5.69 Å². The molecule has 1 aromatic heterocycles. The van der Waals surface area contributed by atoms with E-state index in [1.54, 1.807) is 0 Å². The van der Waals surface area contributed by atoms with E-state index in [1.165, 1.54) is 0 Å². The summed E-state index contributed by atoms with van der Waals surface area (Å²) < 4.78 is 15.5. The average molecular weight is 514 g/mol. The van der Waals surface area contributed by atoms with Crippen LogP contribution in [0.2, 0.25) is 5.28 Å². The molecule has 0 bridgehead atoms. The molecule has 1 aromatic rings. The molecule has 0 spiro atoms. The lowest BCUT2D eigenvalue weighted by molar-refractivity contribution is -0.155. The zero-order chi connectivity index (χ0) is 25.7. The molecule has 2 fully saturated rings. The maximum atomic E-state index is 15.5. The lowest BCUT2D eigenvalue weighted by atomic mass is 9.92. The van der Waals surface area contributed by atoms with Gasteiger partial charge in [-0.15, -0.1) is 0 Å². The van der Waals surface area contributed by atoms with Gasteiger partial charge in [-0.1, -0.05) is 25.7 Å². The van der Waals surface area contributed by atoms with Crippen LogP contribution in [0.25, 0.3) is 0 Å². The van der Waals surface area contributed by atoms with Gasteiger partial charge < -0.3 is 20.0 Å². The van der Waals surface area contributed by atoms with Crippen LogP contribution in [-0.4, -0.2) is 102 Å². The molecule has 12 heteroatoms. The molecule has 196 valence electrons. The fourth-order valence-electron chi connectivity index (χ4n) is 5.23. The van der Waals surface area contributed by atoms with Crippen molar-refractivity contribution in [1.29, 1.82) is 0 Å². The highest BCUT2D eigenvalue weighted by Gasteiger charge is 2.38. The van der Waals surface area contributed by atoms with Gasteiger partial charge in [-0.3, -0.25) is 14.8 Å². The summed E-state index contributed by atoms with van der Waals surface area (Å²) in [6, 6.07) is 0.355. The van der Waals surface area contributed by atoms with Crippen molar-refractivity contribution < 1.29 is 19.2 Å². The van der Waals surface area contributed by atoms with E-state index in [2.05, 4.69) is 25.1 Å². The summed E-state index contributed by atoms with van der Waals surface area (Å²) in [4.78, 5) is 38.1. The smallest absolute Gasteiger partial charge is 0.233 e. The van der Waals surface area contributed by atoms with Crippen molar-refractivity contribution in [3.8, 4) is 0 Å². The van der Waals surface area contributed by atoms with E-state index in [1.807, 2.05) is 33.1 Å². The lowest BCUT2D eigenvalue weighted by Crippen LogP contribution is -2.45. The van der Waals surface area contributed by atoms with E-state index in [-0.39, 0.29) is 54.3 Å². The van der Waals surface area contributed by atoms with Crippen LogP contribution in [0.1, 0.15) is 37.8 Å². The highest BCUT2D eigenvalue weighted by Crippen LogP contribution is 2.31. The van der Waals surface area contributed by atoms with Crippen LogP contribution in [-0.2, 0) is 16.1 Å². The Balaban J connectivity index is 1.73. The van der Waals surface area contributed by atoms with Crippen LogP contribution in [0, 0.1) is 17.7 Å². The van der Waals surface area contributed by atoms with Crippen LogP contribution in [0.5, 0.6) is 0 Å². The van der Waals surface area contributed by atoms with Crippen molar-refractivity contribution in [2.24, 2.45) is 11.8 Å². The molecule has 1 aliphatic heterocycles. The molecule has 1 aliphatic carbocycles. The van der Waals surface area contributed by atoms with Gasteiger partial charge in [0.05, 0.1) is 19.0 Å². The standard InChI is InChI=1S/C23H37ClFN7O3/c1-29(2)18-12-31(13-19(18)30(3)4)21-20(25)17(27-23(24)28-21)10-26-22(34)16(11-32(35)14-33)9-15-7-5-6-8-15/h14-16,18-19,35H,5-13H2,1-4H3,(H,26,34)/t16-,18?,19?/m1/s1. The molecule has 2 heterocycles. The first-order valence-corrected chi connectivity index (χ1v) is 12.5. The SMILES string of the molecule is CN(C)C1CN(c2nc(Cl)nc(CNC(=O)[C@H](CC3CCCC3)CN(O)C=O)c2F)CC1N(C)C. The summed E-state index contributed by atoms with van der Waals surface area (Å²) in [5, 5.41) is 12.8. The third-order valence-electron chi connectivity index (χ3n) is 7.18. The zero-order valence-corrected chi connectivity index (χ0v) is 21.7. The molecule has 2 aliphatic rings. The molecule has 2 amide bonds. The highest BCUT2D eigenvalue weighted by atomic mass is 35.5. The summed E-state index contributed by atoms with van der Waals surface area (Å²) in [6.07, 6.45) is 5.11. The topological polar surface area (TPSA) is 105 Å². The average Bonchev–Trinajstić information content (AvgIpc) is 3.48. The van der Waals surface area contributed by atoms with Gasteiger partial charge in [0.2, 0.25) is 17.6 Å². The van der Waals surface area contributed by atoms with Crippen LogP contribution >= 0.6 is 11.6 Å². The van der Waals surface area contributed by atoms with Crippen molar-refractivity contribution in [3.63, 3.8) is 0 Å². The fraction of sp³-hybridized carbons (Fsp3) is 0.739. The van der Waals surface area contributed by atoms with E-state index in [0.717, 1.165) is 25.7 Å². The van der Waals surface area contributed by atoms with E-state index >= 15 is 4.39 Å². The van der Waals surface area contributed by atoms with Crippen LogP contribution in [0.4, 0.5) is 10.2 Å². The summed E-state index contributed by atoms with van der Waals surface area (Å²) in [5.41, 5.74) is -0.00101. The number of nitrogens with one attached hydrogen (secondary N) is 1. The number of amides is 2. The number of hydrogen-bond donors (Lipinski definition) is 2. The number of halogens is 2. The number of nitrogens with zero attached hydrogens (tertiary/aromatic N) is 6. The maximum absolute atomic E-state index is 15.5. The Morgan fingerprint density at radius 1 is 1.20 bits per heavy atom. The molecule has 2 N–H and O–H groups in total. The number of carbonyl (C=O) groups excluding carboxylic acids is 2. The molecule has 3 atom stereocenters. The molecular formula is C23H37ClFN7O3. The molecule has 1 saturated heterocycles. The first-order valence-electron chi connectivity index (χ1n) is 12.1. The predicted octanol–water partition coefficient (Wildman–Crippen LogP) is 1.61. The van der Waals surface area contributed by atoms with Crippen LogP contribution < -0.4 is 10.2 Å². The maximum Gasteiger partial charge on any atom is 0.233 e. The minimum absolute atomic E-state index is 0.00101. The van der Waals surface area contributed by atoms with E-state index in [0.29, 0.717) is 30.5 Å². The second-order valence-corrected chi connectivity index (χ2v) is 10.4. The summed E-state index contributed by atoms with van der Waals surface area (Å²) in [7, 11) is 7.98. The molecule has 35 heavy (non-hydrogen) atoms. The second kappa shape index (κ2) is 12.2. The van der Waals surface area contributed by atoms with E-state index < -0.39 is 11.7 Å². The molecule has 2 unspecified atom stereocenters. The molecule has 0 aromatic carbocycles. The Bertz CT molecular complexity index is 869. The number of anilines is 1.